The number of nitrogens with one attached hydrogen (secondary N) is 2. The molecule has 0 radical (unpaired) electrons. The highest BCUT2D eigenvalue weighted by Gasteiger charge is 2.13. The van der Waals surface area contributed by atoms with Gasteiger partial charge in [0, 0.05) is 19.7 Å². The number of carbonyl (C=O) groups excluding carboxylic acids is 2. The Morgan fingerprint density at radius 1 is 1.04 bits per heavy atom. The van der Waals surface area contributed by atoms with Crippen molar-refractivity contribution in [2.45, 2.75) is 13.8 Å². The molecule has 7 heteroatoms. The maximum atomic E-state index is 12.1. The van der Waals surface area contributed by atoms with Crippen LogP contribution >= 0.6 is 0 Å². The van der Waals surface area contributed by atoms with Gasteiger partial charge in [0.05, 0.1) is 23.6 Å². The predicted molar refractivity (Wildman–Crippen MR) is 93.2 cm³/mol. The van der Waals surface area contributed by atoms with Gasteiger partial charge in [0.1, 0.15) is 0 Å². The van der Waals surface area contributed by atoms with Crippen LogP contribution in [0.1, 0.15) is 21.7 Å². The first-order chi connectivity index (χ1) is 11.4. The average Bonchev–Trinajstić information content (AvgIpc) is 2.56. The summed E-state index contributed by atoms with van der Waals surface area (Å²) in [5.74, 6) is -0.0366. The molecular formula is C17H21N5O2. The Hall–Kier alpha value is -2.96. The van der Waals surface area contributed by atoms with E-state index in [2.05, 4.69) is 20.6 Å². The Bertz CT molecular complexity index is 721. The van der Waals surface area contributed by atoms with Gasteiger partial charge in [-0.1, -0.05) is 18.2 Å². The van der Waals surface area contributed by atoms with E-state index in [1.165, 1.54) is 0 Å². The van der Waals surface area contributed by atoms with Crippen molar-refractivity contribution in [1.82, 2.24) is 15.3 Å². The molecule has 2 N–H and O–H groups in total. The van der Waals surface area contributed by atoms with Gasteiger partial charge in [0.2, 0.25) is 11.9 Å². The van der Waals surface area contributed by atoms with E-state index in [0.717, 1.165) is 0 Å². The summed E-state index contributed by atoms with van der Waals surface area (Å²) in [6.45, 7) is 3.49. The molecule has 7 nitrogen and oxygen atoms in total. The molecule has 0 saturated carbocycles. The topological polar surface area (TPSA) is 87.2 Å². The van der Waals surface area contributed by atoms with E-state index in [0.29, 0.717) is 28.6 Å². The Labute approximate surface area is 141 Å². The summed E-state index contributed by atoms with van der Waals surface area (Å²) in [6.07, 6.45) is 0. The zero-order valence-corrected chi connectivity index (χ0v) is 14.3. The highest BCUT2D eigenvalue weighted by molar-refractivity contribution is 5.99. The molecule has 0 unspecified atom stereocenters. The number of aryl methyl sites for hydroxylation is 2. The van der Waals surface area contributed by atoms with Gasteiger partial charge in [0.15, 0.2) is 0 Å². The number of amides is 2. The van der Waals surface area contributed by atoms with Gasteiger partial charge in [-0.25, -0.2) is 9.97 Å². The number of benzene rings is 1. The lowest BCUT2D eigenvalue weighted by Crippen LogP contribution is -2.33. The Morgan fingerprint density at radius 2 is 1.62 bits per heavy atom. The second-order valence-electron chi connectivity index (χ2n) is 5.56. The van der Waals surface area contributed by atoms with Gasteiger partial charge in [-0.2, -0.15) is 0 Å². The van der Waals surface area contributed by atoms with Gasteiger partial charge in [0.25, 0.3) is 5.91 Å². The van der Waals surface area contributed by atoms with E-state index < -0.39 is 0 Å². The molecule has 1 aromatic carbocycles. The number of carbonyl (C=O) groups is 2. The molecule has 0 saturated heterocycles. The Morgan fingerprint density at radius 3 is 2.17 bits per heavy atom. The minimum Gasteiger partial charge on any atom is -0.347 e. The first kappa shape index (κ1) is 17.4. The van der Waals surface area contributed by atoms with Gasteiger partial charge < -0.3 is 15.5 Å². The first-order valence-electron chi connectivity index (χ1n) is 7.54. The summed E-state index contributed by atoms with van der Waals surface area (Å²) in [5.41, 5.74) is 2.43. The molecule has 126 valence electrons. The molecule has 2 aromatic rings. The largest absolute Gasteiger partial charge is 0.347 e. The predicted octanol–water partition coefficient (Wildman–Crippen LogP) is 1.53. The third-order valence-electron chi connectivity index (χ3n) is 3.37. The lowest BCUT2D eigenvalue weighted by Gasteiger charge is -2.15. The van der Waals surface area contributed by atoms with Crippen molar-refractivity contribution in [3.63, 3.8) is 0 Å². The third kappa shape index (κ3) is 4.28. The highest BCUT2D eigenvalue weighted by atomic mass is 16.2. The van der Waals surface area contributed by atoms with Crippen LogP contribution < -0.4 is 15.5 Å². The quantitative estimate of drug-likeness (QED) is 0.869. The lowest BCUT2D eigenvalue weighted by atomic mass is 10.2. The fourth-order valence-corrected chi connectivity index (χ4v) is 2.12. The van der Waals surface area contributed by atoms with Crippen LogP contribution in [0, 0.1) is 13.8 Å². The molecule has 1 aromatic heterocycles. The lowest BCUT2D eigenvalue weighted by molar-refractivity contribution is -0.115. The minimum absolute atomic E-state index is 0.123. The average molecular weight is 327 g/mol. The zero-order valence-electron chi connectivity index (χ0n) is 14.3. The Kier molecular flexibility index (Phi) is 5.47. The van der Waals surface area contributed by atoms with Crippen molar-refractivity contribution in [2.24, 2.45) is 0 Å². The normalized spacial score (nSPS) is 10.2. The van der Waals surface area contributed by atoms with Crippen LogP contribution in [0.2, 0.25) is 0 Å². The van der Waals surface area contributed by atoms with Crippen molar-refractivity contribution in [2.75, 3.05) is 30.9 Å². The van der Waals surface area contributed by atoms with Crippen LogP contribution in [-0.2, 0) is 4.79 Å². The fraction of sp³-hybridized carbons (Fsp3) is 0.294. The van der Waals surface area contributed by atoms with Crippen molar-refractivity contribution in [1.29, 1.82) is 0 Å². The van der Waals surface area contributed by atoms with Crippen LogP contribution in [0.3, 0.4) is 0 Å². The number of nitrogens with zero attached hydrogens (tertiary/aromatic N) is 3. The second kappa shape index (κ2) is 7.54. The van der Waals surface area contributed by atoms with Crippen molar-refractivity contribution in [3.8, 4) is 0 Å². The van der Waals surface area contributed by atoms with Gasteiger partial charge >= 0.3 is 0 Å². The number of hydrogen-bond donors (Lipinski definition) is 2. The molecule has 0 aliphatic heterocycles. The number of hydrogen-bond acceptors (Lipinski definition) is 5. The molecular weight excluding hydrogens is 306 g/mol. The van der Waals surface area contributed by atoms with Gasteiger partial charge in [-0.05, 0) is 26.0 Å². The van der Waals surface area contributed by atoms with Crippen molar-refractivity contribution >= 4 is 23.5 Å². The van der Waals surface area contributed by atoms with E-state index in [-0.39, 0.29) is 18.4 Å². The SMILES string of the molecule is Cc1nc(N(C)C)nc(C)c1NC(=O)CNC(=O)c1ccccc1. The maximum Gasteiger partial charge on any atom is 0.251 e. The summed E-state index contributed by atoms with van der Waals surface area (Å²) in [6, 6.07) is 8.74. The standard InChI is InChI=1S/C17H21N5O2/c1-11-15(12(2)20-17(19-11)22(3)4)21-14(23)10-18-16(24)13-8-6-5-7-9-13/h5-9H,10H2,1-4H3,(H,18,24)(H,21,23). The first-order valence-corrected chi connectivity index (χ1v) is 7.54. The molecule has 0 fully saturated rings. The maximum absolute atomic E-state index is 12.1. The molecule has 2 amide bonds. The Balaban J connectivity index is 1.99. The fourth-order valence-electron chi connectivity index (χ4n) is 2.12. The van der Waals surface area contributed by atoms with E-state index in [9.17, 15) is 9.59 Å². The summed E-state index contributed by atoms with van der Waals surface area (Å²) >= 11 is 0. The van der Waals surface area contributed by atoms with Crippen LogP contribution in [0.15, 0.2) is 30.3 Å². The van der Waals surface area contributed by atoms with Crippen LogP contribution in [0.5, 0.6) is 0 Å². The molecule has 0 bridgehead atoms. The van der Waals surface area contributed by atoms with Crippen molar-refractivity contribution < 1.29 is 9.59 Å². The van der Waals surface area contributed by atoms with Gasteiger partial charge in [-0.15, -0.1) is 0 Å². The zero-order chi connectivity index (χ0) is 17.7. The minimum atomic E-state index is -0.327. The van der Waals surface area contributed by atoms with Crippen LogP contribution in [-0.4, -0.2) is 42.4 Å². The summed E-state index contributed by atoms with van der Waals surface area (Å²) in [5, 5.41) is 5.34. The molecule has 24 heavy (non-hydrogen) atoms. The van der Waals surface area contributed by atoms with E-state index >= 15 is 0 Å². The highest BCUT2D eigenvalue weighted by Crippen LogP contribution is 2.19. The van der Waals surface area contributed by atoms with E-state index in [1.54, 1.807) is 43.0 Å². The monoisotopic (exact) mass is 327 g/mol. The van der Waals surface area contributed by atoms with Crippen LogP contribution in [0.25, 0.3) is 0 Å². The number of aromatic nitrogens is 2. The molecule has 0 spiro atoms. The number of rotatable bonds is 5. The van der Waals surface area contributed by atoms with Crippen LogP contribution in [0.4, 0.5) is 11.6 Å². The second-order valence-corrected chi connectivity index (χ2v) is 5.56. The van der Waals surface area contributed by atoms with Crippen molar-refractivity contribution in [3.05, 3.63) is 47.3 Å². The summed E-state index contributed by atoms with van der Waals surface area (Å²) in [7, 11) is 3.71. The van der Waals surface area contributed by atoms with E-state index in [1.807, 2.05) is 20.2 Å². The van der Waals surface area contributed by atoms with Gasteiger partial charge in [-0.3, -0.25) is 9.59 Å². The molecule has 0 aliphatic carbocycles. The van der Waals surface area contributed by atoms with E-state index in [4.69, 9.17) is 0 Å². The summed E-state index contributed by atoms with van der Waals surface area (Å²) in [4.78, 5) is 34.5. The molecule has 0 atom stereocenters. The summed E-state index contributed by atoms with van der Waals surface area (Å²) < 4.78 is 0. The third-order valence-corrected chi connectivity index (χ3v) is 3.37. The molecule has 2 rings (SSSR count). The molecule has 0 aliphatic rings. The number of anilines is 2. The molecule has 1 heterocycles. The smallest absolute Gasteiger partial charge is 0.251 e.